The summed E-state index contributed by atoms with van der Waals surface area (Å²) in [6, 6.07) is 62.6. The van der Waals surface area contributed by atoms with Gasteiger partial charge in [0.2, 0.25) is 0 Å². The van der Waals surface area contributed by atoms with Gasteiger partial charge in [-0.3, -0.25) is 0 Å². The number of carbonyl (C=O) groups is 1. The molecule has 0 saturated heterocycles. The lowest BCUT2D eigenvalue weighted by molar-refractivity contribution is -0.0269. The van der Waals surface area contributed by atoms with E-state index in [1.807, 2.05) is 183 Å². The van der Waals surface area contributed by atoms with Crippen molar-refractivity contribution in [3.8, 4) is 94.4 Å². The molecule has 8 aromatic rings. The summed E-state index contributed by atoms with van der Waals surface area (Å²) < 4.78 is 21.5. The molecule has 8 aromatic carbocycles. The van der Waals surface area contributed by atoms with E-state index in [1.165, 1.54) is 0 Å². The summed E-state index contributed by atoms with van der Waals surface area (Å²) >= 11 is 0. The molecule has 1 atom stereocenters. The lowest BCUT2D eigenvalue weighted by atomic mass is 10.1. The van der Waals surface area contributed by atoms with E-state index in [4.69, 9.17) is 18.9 Å². The fourth-order valence-electron chi connectivity index (χ4n) is 7.59. The van der Waals surface area contributed by atoms with Crippen molar-refractivity contribution in [3.63, 3.8) is 0 Å². The van der Waals surface area contributed by atoms with Gasteiger partial charge in [-0.05, 0) is 153 Å². The molecule has 6 heteroatoms. The average molecular weight is 1080 g/mol. The predicted octanol–water partition coefficient (Wildman–Crippen LogP) is 12.9. The zero-order valence-corrected chi connectivity index (χ0v) is 47.6. The summed E-state index contributed by atoms with van der Waals surface area (Å²) in [5, 5.41) is 0. The maximum Gasteiger partial charge on any atom is 0.338 e. The third-order valence-corrected chi connectivity index (χ3v) is 12.6. The van der Waals surface area contributed by atoms with Gasteiger partial charge < -0.3 is 18.9 Å². The smallest absolute Gasteiger partial charge is 0.338 e. The van der Waals surface area contributed by atoms with Gasteiger partial charge in [0.25, 0.3) is 0 Å². The van der Waals surface area contributed by atoms with Gasteiger partial charge in [0, 0.05) is 90.6 Å². The Morgan fingerprint density at radius 2 is 0.622 bits per heavy atom. The number of carbonyl (C=O) groups excluding carboxylic acids is 1. The first-order chi connectivity index (χ1) is 40.0. The van der Waals surface area contributed by atoms with E-state index >= 15 is 0 Å². The summed E-state index contributed by atoms with van der Waals surface area (Å²) in [5.74, 6) is 48.8. The minimum absolute atomic E-state index is 0.125. The quantitative estimate of drug-likeness (QED) is 0.0591. The maximum absolute atomic E-state index is 12.8. The Morgan fingerprint density at radius 1 is 0.366 bits per heavy atom. The maximum atomic E-state index is 12.8. The summed E-state index contributed by atoms with van der Waals surface area (Å²) in [6.07, 6.45) is -0.274. The van der Waals surface area contributed by atoms with Gasteiger partial charge in [-0.1, -0.05) is 157 Å². The largest absolute Gasteiger partial charge is 0.459 e. The van der Waals surface area contributed by atoms with Crippen molar-refractivity contribution in [1.29, 1.82) is 0 Å². The Kier molecular flexibility index (Phi) is 21.4. The van der Waals surface area contributed by atoms with E-state index in [0.29, 0.717) is 37.6 Å². The SMILES string of the molecule is COCCOCCO[C@@H](C)COC(=O)c1cccc(C#Cc2cccc(C#Cc3cccc(C#Cc4cccc(C#Cc5cccc(C#Cc6cccc(C#Cc7cccc(C#Cc8cccc(C#C[Si](C)(C)C)c8)c7)c6)c5)c4)c3)c2)c1. The Labute approximate surface area is 485 Å². The van der Waals surface area contributed by atoms with Crippen LogP contribution in [0.5, 0.6) is 0 Å². The van der Waals surface area contributed by atoms with Gasteiger partial charge in [0.05, 0.1) is 38.1 Å². The van der Waals surface area contributed by atoms with Gasteiger partial charge in [0.15, 0.2) is 0 Å². The monoisotopic (exact) mass is 1080 g/mol. The van der Waals surface area contributed by atoms with Crippen LogP contribution >= 0.6 is 0 Å². The second kappa shape index (κ2) is 30.2. The molecule has 0 aromatic heterocycles. The van der Waals surface area contributed by atoms with Crippen LogP contribution < -0.4 is 0 Å². The van der Waals surface area contributed by atoms with Gasteiger partial charge in [-0.15, -0.1) is 5.54 Å². The Morgan fingerprint density at radius 3 is 0.902 bits per heavy atom. The van der Waals surface area contributed by atoms with Crippen molar-refractivity contribution < 1.29 is 23.7 Å². The Bertz CT molecular complexity index is 4140. The molecular weight excluding hydrogens is 1020 g/mol. The van der Waals surface area contributed by atoms with Crippen molar-refractivity contribution >= 4 is 14.0 Å². The van der Waals surface area contributed by atoms with Crippen molar-refractivity contribution in [2.24, 2.45) is 0 Å². The molecule has 5 nitrogen and oxygen atoms in total. The van der Waals surface area contributed by atoms with E-state index in [-0.39, 0.29) is 12.7 Å². The van der Waals surface area contributed by atoms with Gasteiger partial charge in [-0.2, -0.15) is 0 Å². The molecular formula is C76H58O5Si. The molecule has 0 amide bonds. The number of hydrogen-bond donors (Lipinski definition) is 0. The normalized spacial score (nSPS) is 10.4. The van der Waals surface area contributed by atoms with Crippen LogP contribution in [0, 0.1) is 94.4 Å². The van der Waals surface area contributed by atoms with Crippen molar-refractivity contribution in [1.82, 2.24) is 0 Å². The van der Waals surface area contributed by atoms with Crippen molar-refractivity contribution in [3.05, 3.63) is 283 Å². The highest BCUT2D eigenvalue weighted by molar-refractivity contribution is 6.83. The third kappa shape index (κ3) is 20.2. The summed E-state index contributed by atoms with van der Waals surface area (Å²) in [6.45, 7) is 10.6. The Balaban J connectivity index is 0.843. The molecule has 0 aliphatic rings. The summed E-state index contributed by atoms with van der Waals surface area (Å²) in [4.78, 5) is 12.8. The second-order valence-electron chi connectivity index (χ2n) is 19.8. The minimum atomic E-state index is -1.46. The minimum Gasteiger partial charge on any atom is -0.459 e. The Hall–Kier alpha value is -10.2. The van der Waals surface area contributed by atoms with Crippen molar-refractivity contribution in [2.75, 3.05) is 40.1 Å². The first kappa shape index (κ1) is 58.0. The summed E-state index contributed by atoms with van der Waals surface area (Å²) in [5.41, 5.74) is 16.7. The van der Waals surface area contributed by atoms with Crippen molar-refractivity contribution in [2.45, 2.75) is 32.7 Å². The van der Waals surface area contributed by atoms with E-state index in [2.05, 4.69) is 114 Å². The van der Waals surface area contributed by atoms with E-state index in [1.54, 1.807) is 25.3 Å². The first-order valence-electron chi connectivity index (χ1n) is 26.8. The zero-order chi connectivity index (χ0) is 57.2. The molecule has 0 bridgehead atoms. The lowest BCUT2D eigenvalue weighted by Gasteiger charge is -2.13. The summed E-state index contributed by atoms with van der Waals surface area (Å²) in [7, 11) is 0.161. The van der Waals surface area contributed by atoms with Crippen LogP contribution in [0.25, 0.3) is 0 Å². The fourth-order valence-corrected chi connectivity index (χ4v) is 8.11. The van der Waals surface area contributed by atoms with Crippen LogP contribution in [0.3, 0.4) is 0 Å². The van der Waals surface area contributed by atoms with Crippen LogP contribution in [0.1, 0.15) is 101 Å². The van der Waals surface area contributed by atoms with Gasteiger partial charge in [-0.25, -0.2) is 4.79 Å². The van der Waals surface area contributed by atoms with Crippen LogP contribution in [-0.2, 0) is 18.9 Å². The molecule has 0 aliphatic heterocycles. The molecule has 82 heavy (non-hydrogen) atoms. The molecule has 396 valence electrons. The molecule has 0 saturated carbocycles. The third-order valence-electron chi connectivity index (χ3n) is 11.7. The fraction of sp³-hybridized carbons (Fsp3) is 0.145. The van der Waals surface area contributed by atoms with Crippen LogP contribution in [0.4, 0.5) is 0 Å². The number of benzene rings is 8. The number of ether oxygens (including phenoxy) is 4. The van der Waals surface area contributed by atoms with E-state index in [9.17, 15) is 4.79 Å². The first-order valence-corrected chi connectivity index (χ1v) is 30.3. The second-order valence-corrected chi connectivity index (χ2v) is 24.5. The van der Waals surface area contributed by atoms with E-state index in [0.717, 1.165) is 77.9 Å². The van der Waals surface area contributed by atoms with Gasteiger partial charge >= 0.3 is 5.97 Å². The molecule has 0 aliphatic carbocycles. The number of methoxy groups -OCH3 is 1. The standard InChI is InChI=1S/C76H58O5Si/c1-59(80-48-47-79-46-45-78-2)58-81-76(77)75-29-13-28-73(57-75)43-42-71-25-11-24-69(55-71)39-38-67-21-9-20-65(53-67)35-34-63-17-7-16-61(51-63)31-30-60-14-6-15-62(50-60)32-33-64-18-8-19-66(52-64)36-37-68-22-10-23-70(54-68)40-41-72-26-12-27-74(56-72)44-49-82(3,4)5/h6-29,50-57,59H,45-48,58H2,1-5H3/t59-/m0/s1. The molecule has 0 radical (unpaired) electrons. The topological polar surface area (TPSA) is 54.0 Å². The highest BCUT2D eigenvalue weighted by Crippen LogP contribution is 2.13. The zero-order valence-electron chi connectivity index (χ0n) is 46.6. The molecule has 0 unspecified atom stereocenters. The highest BCUT2D eigenvalue weighted by atomic mass is 28.3. The van der Waals surface area contributed by atoms with Crippen LogP contribution in [0.2, 0.25) is 19.6 Å². The predicted molar refractivity (Wildman–Crippen MR) is 332 cm³/mol. The van der Waals surface area contributed by atoms with E-state index < -0.39 is 14.0 Å². The molecule has 0 fully saturated rings. The molecule has 0 heterocycles. The van der Waals surface area contributed by atoms with Gasteiger partial charge in [0.1, 0.15) is 14.7 Å². The number of rotatable bonds is 10. The van der Waals surface area contributed by atoms with Crippen LogP contribution in [0.15, 0.2) is 194 Å². The van der Waals surface area contributed by atoms with Crippen LogP contribution in [-0.4, -0.2) is 60.3 Å². The molecule has 0 spiro atoms. The number of esters is 1. The molecule has 0 N–H and O–H groups in total. The highest BCUT2D eigenvalue weighted by Gasteiger charge is 2.11. The molecule has 8 rings (SSSR count). The lowest BCUT2D eigenvalue weighted by Crippen LogP contribution is -2.21. The average Bonchev–Trinajstić information content (AvgIpc) is 3.53. The number of hydrogen-bond acceptors (Lipinski definition) is 5.